The molecule has 7 heteroatoms. The average molecular weight is 376 g/mol. The number of thiophene rings is 1. The molecule has 3 aromatic heterocycles. The minimum absolute atomic E-state index is 0.256. The molecule has 4 aromatic rings. The zero-order chi connectivity index (χ0) is 18.2. The van der Waals surface area contributed by atoms with E-state index in [1.54, 1.807) is 23.7 Å². The largest absolute Gasteiger partial charge is 0.454 e. The van der Waals surface area contributed by atoms with E-state index in [-0.39, 0.29) is 6.79 Å². The minimum atomic E-state index is 0.256. The summed E-state index contributed by atoms with van der Waals surface area (Å²) in [5.41, 5.74) is 1.78. The summed E-state index contributed by atoms with van der Waals surface area (Å²) in [7, 11) is 0. The van der Waals surface area contributed by atoms with E-state index in [9.17, 15) is 0 Å². The van der Waals surface area contributed by atoms with Gasteiger partial charge in [0.15, 0.2) is 17.3 Å². The monoisotopic (exact) mass is 376 g/mol. The lowest BCUT2D eigenvalue weighted by molar-refractivity contribution is 0.174. The van der Waals surface area contributed by atoms with Crippen molar-refractivity contribution in [3.05, 3.63) is 53.7 Å². The number of anilines is 2. The quantitative estimate of drug-likeness (QED) is 0.552. The molecule has 1 N–H and O–H groups in total. The molecular formula is C20H16N4O2S. The highest BCUT2D eigenvalue weighted by molar-refractivity contribution is 7.18. The maximum Gasteiger partial charge on any atom is 0.231 e. The molecule has 0 saturated heterocycles. The normalized spacial score (nSPS) is 12.5. The van der Waals surface area contributed by atoms with Crippen LogP contribution in [0.1, 0.15) is 11.8 Å². The van der Waals surface area contributed by atoms with Crippen LogP contribution in [0.5, 0.6) is 11.5 Å². The molecule has 0 spiro atoms. The summed E-state index contributed by atoms with van der Waals surface area (Å²) < 4.78 is 10.9. The van der Waals surface area contributed by atoms with Gasteiger partial charge in [0, 0.05) is 34.6 Å². The standard InChI is InChI=1S/C20H16N4O2S/c1-2-14-9-15-19(22-13-5-6-16-17(8-13)26-11-25-16)23-18(24-20(15)27-14)12-4-3-7-21-10-12/h3-10H,2,11H2,1H3,(H,22,23,24). The SMILES string of the molecule is CCc1cc2c(Nc3ccc4c(c3)OCO4)nc(-c3cccnc3)nc2s1. The van der Waals surface area contributed by atoms with Gasteiger partial charge in [-0.1, -0.05) is 6.92 Å². The Bertz CT molecular complexity index is 1130. The lowest BCUT2D eigenvalue weighted by Crippen LogP contribution is -1.98. The second-order valence-electron chi connectivity index (χ2n) is 6.12. The van der Waals surface area contributed by atoms with Gasteiger partial charge in [-0.25, -0.2) is 9.97 Å². The van der Waals surface area contributed by atoms with Gasteiger partial charge in [0.25, 0.3) is 0 Å². The highest BCUT2D eigenvalue weighted by Crippen LogP contribution is 2.37. The Morgan fingerprint density at radius 3 is 2.89 bits per heavy atom. The summed E-state index contributed by atoms with van der Waals surface area (Å²) in [5.74, 6) is 2.92. The Labute approximate surface area is 159 Å². The second kappa shape index (κ2) is 6.51. The number of fused-ring (bicyclic) bond motifs is 2. The molecule has 4 heterocycles. The van der Waals surface area contributed by atoms with Gasteiger partial charge in [-0.05, 0) is 36.8 Å². The Hall–Kier alpha value is -3.19. The topological polar surface area (TPSA) is 69.2 Å². The smallest absolute Gasteiger partial charge is 0.231 e. The van der Waals surface area contributed by atoms with Crippen molar-refractivity contribution in [2.75, 3.05) is 12.1 Å². The number of nitrogens with zero attached hydrogens (tertiary/aromatic N) is 3. The zero-order valence-corrected chi connectivity index (χ0v) is 15.4. The summed E-state index contributed by atoms with van der Waals surface area (Å²) in [5, 5.41) is 4.44. The van der Waals surface area contributed by atoms with Gasteiger partial charge in [0.05, 0.1) is 5.39 Å². The van der Waals surface area contributed by atoms with E-state index in [0.717, 1.165) is 45.2 Å². The fourth-order valence-electron chi connectivity index (χ4n) is 2.98. The van der Waals surface area contributed by atoms with Crippen molar-refractivity contribution in [1.82, 2.24) is 15.0 Å². The Morgan fingerprint density at radius 1 is 1.11 bits per heavy atom. The third-order valence-electron chi connectivity index (χ3n) is 4.35. The molecule has 6 nitrogen and oxygen atoms in total. The molecule has 0 aliphatic carbocycles. The molecule has 0 saturated carbocycles. The fraction of sp³-hybridized carbons (Fsp3) is 0.150. The van der Waals surface area contributed by atoms with Crippen LogP contribution in [0.2, 0.25) is 0 Å². The van der Waals surface area contributed by atoms with Crippen LogP contribution in [-0.4, -0.2) is 21.7 Å². The molecule has 1 aliphatic heterocycles. The molecule has 0 atom stereocenters. The van der Waals surface area contributed by atoms with E-state index >= 15 is 0 Å². The van der Waals surface area contributed by atoms with Crippen LogP contribution in [0.4, 0.5) is 11.5 Å². The van der Waals surface area contributed by atoms with Crippen molar-refractivity contribution in [3.63, 3.8) is 0 Å². The van der Waals surface area contributed by atoms with Crippen molar-refractivity contribution in [2.45, 2.75) is 13.3 Å². The summed E-state index contributed by atoms with van der Waals surface area (Å²) in [4.78, 5) is 16.0. The summed E-state index contributed by atoms with van der Waals surface area (Å²) >= 11 is 1.69. The Balaban J connectivity index is 1.62. The van der Waals surface area contributed by atoms with Crippen molar-refractivity contribution in [3.8, 4) is 22.9 Å². The van der Waals surface area contributed by atoms with Gasteiger partial charge in [-0.2, -0.15) is 0 Å². The van der Waals surface area contributed by atoms with Gasteiger partial charge in [-0.3, -0.25) is 4.98 Å². The Kier molecular flexibility index (Phi) is 3.86. The number of ether oxygens (including phenoxy) is 2. The molecule has 0 fully saturated rings. The van der Waals surface area contributed by atoms with E-state index in [2.05, 4.69) is 23.3 Å². The molecule has 0 bridgehead atoms. The predicted octanol–water partition coefficient (Wildman–Crippen LogP) is 4.79. The third kappa shape index (κ3) is 2.96. The van der Waals surface area contributed by atoms with Crippen molar-refractivity contribution in [1.29, 1.82) is 0 Å². The second-order valence-corrected chi connectivity index (χ2v) is 7.23. The first kappa shape index (κ1) is 16.0. The summed E-state index contributed by atoms with van der Waals surface area (Å²) in [6.45, 7) is 2.40. The van der Waals surface area contributed by atoms with E-state index in [1.807, 2.05) is 30.3 Å². The fourth-order valence-corrected chi connectivity index (χ4v) is 3.94. The van der Waals surface area contributed by atoms with Crippen molar-refractivity contribution < 1.29 is 9.47 Å². The molecule has 0 amide bonds. The summed E-state index contributed by atoms with van der Waals surface area (Å²) in [6, 6.07) is 11.8. The highest BCUT2D eigenvalue weighted by Gasteiger charge is 2.16. The van der Waals surface area contributed by atoms with Crippen LogP contribution in [0, 0.1) is 0 Å². The van der Waals surface area contributed by atoms with Gasteiger partial charge < -0.3 is 14.8 Å². The van der Waals surface area contributed by atoms with E-state index in [4.69, 9.17) is 19.4 Å². The van der Waals surface area contributed by atoms with Crippen molar-refractivity contribution in [2.24, 2.45) is 0 Å². The number of hydrogen-bond acceptors (Lipinski definition) is 7. The molecule has 1 aromatic carbocycles. The zero-order valence-electron chi connectivity index (χ0n) is 14.6. The number of rotatable bonds is 4. The number of aryl methyl sites for hydroxylation is 1. The summed E-state index contributed by atoms with van der Waals surface area (Å²) in [6.07, 6.45) is 4.49. The van der Waals surface area contributed by atoms with Gasteiger partial charge in [0.2, 0.25) is 6.79 Å². The first-order valence-corrected chi connectivity index (χ1v) is 9.49. The van der Waals surface area contributed by atoms with E-state index < -0.39 is 0 Å². The van der Waals surface area contributed by atoms with Crippen LogP contribution in [0.25, 0.3) is 21.6 Å². The maximum atomic E-state index is 5.48. The number of pyridine rings is 1. The first-order valence-electron chi connectivity index (χ1n) is 8.67. The molecule has 27 heavy (non-hydrogen) atoms. The number of aromatic nitrogens is 3. The number of hydrogen-bond donors (Lipinski definition) is 1. The lowest BCUT2D eigenvalue weighted by atomic mass is 10.2. The van der Waals surface area contributed by atoms with Crippen molar-refractivity contribution >= 4 is 33.1 Å². The minimum Gasteiger partial charge on any atom is -0.454 e. The third-order valence-corrected chi connectivity index (χ3v) is 5.52. The van der Waals surface area contributed by atoms with Gasteiger partial charge in [-0.15, -0.1) is 11.3 Å². The molecule has 5 rings (SSSR count). The van der Waals surface area contributed by atoms with Crippen LogP contribution >= 0.6 is 11.3 Å². The van der Waals surface area contributed by atoms with Gasteiger partial charge >= 0.3 is 0 Å². The average Bonchev–Trinajstić information content (AvgIpc) is 3.34. The molecule has 134 valence electrons. The predicted molar refractivity (Wildman–Crippen MR) is 106 cm³/mol. The van der Waals surface area contributed by atoms with Crippen LogP contribution in [-0.2, 0) is 6.42 Å². The molecule has 0 radical (unpaired) electrons. The number of benzene rings is 1. The van der Waals surface area contributed by atoms with Crippen LogP contribution in [0.15, 0.2) is 48.8 Å². The van der Waals surface area contributed by atoms with Crippen LogP contribution < -0.4 is 14.8 Å². The number of nitrogens with one attached hydrogen (secondary N) is 1. The van der Waals surface area contributed by atoms with E-state index in [1.165, 1.54) is 4.88 Å². The van der Waals surface area contributed by atoms with Crippen LogP contribution in [0.3, 0.4) is 0 Å². The van der Waals surface area contributed by atoms with Gasteiger partial charge in [0.1, 0.15) is 10.6 Å². The lowest BCUT2D eigenvalue weighted by Gasteiger charge is -2.09. The molecule has 0 unspecified atom stereocenters. The highest BCUT2D eigenvalue weighted by atomic mass is 32.1. The molecule has 1 aliphatic rings. The maximum absolute atomic E-state index is 5.48. The first-order chi connectivity index (χ1) is 13.3. The Morgan fingerprint density at radius 2 is 2.04 bits per heavy atom. The van der Waals surface area contributed by atoms with E-state index in [0.29, 0.717) is 5.82 Å². The molecular weight excluding hydrogens is 360 g/mol.